The fourth-order valence-corrected chi connectivity index (χ4v) is 3.48. The number of pyridine rings is 1. The van der Waals surface area contributed by atoms with E-state index in [2.05, 4.69) is 10.3 Å². The molecular weight excluding hydrogens is 431 g/mol. The summed E-state index contributed by atoms with van der Waals surface area (Å²) < 4.78 is 44.1. The standard InChI is InChI=1S/C25H20F3N3O2/c1-15(20-5-3-13-30-23(20)29)31-24(32)17-7-12-21-16(14-17)4-2-6-22(21)33-19-10-8-18(9-11-19)25(26,27)28/h2-15H,1H3,(H2,29,30)(H,31,32). The Labute approximate surface area is 188 Å². The van der Waals surface area contributed by atoms with Crippen molar-refractivity contribution in [3.8, 4) is 11.5 Å². The van der Waals surface area contributed by atoms with Crippen LogP contribution in [0.2, 0.25) is 0 Å². The monoisotopic (exact) mass is 451 g/mol. The molecule has 0 spiro atoms. The highest BCUT2D eigenvalue weighted by molar-refractivity contribution is 6.00. The van der Waals surface area contributed by atoms with Crippen molar-refractivity contribution in [3.05, 3.63) is 95.7 Å². The van der Waals surface area contributed by atoms with Crippen molar-refractivity contribution in [3.63, 3.8) is 0 Å². The number of carbonyl (C=O) groups excluding carboxylic acids is 1. The summed E-state index contributed by atoms with van der Waals surface area (Å²) in [6, 6.07) is 18.1. The zero-order valence-corrected chi connectivity index (χ0v) is 17.6. The van der Waals surface area contributed by atoms with Crippen LogP contribution < -0.4 is 15.8 Å². The molecule has 3 N–H and O–H groups in total. The van der Waals surface area contributed by atoms with Crippen LogP contribution >= 0.6 is 0 Å². The lowest BCUT2D eigenvalue weighted by Gasteiger charge is -2.16. The summed E-state index contributed by atoms with van der Waals surface area (Å²) >= 11 is 0. The van der Waals surface area contributed by atoms with Crippen LogP contribution in [0.3, 0.4) is 0 Å². The maximum Gasteiger partial charge on any atom is 0.416 e. The second-order valence-corrected chi connectivity index (χ2v) is 7.49. The molecule has 0 aliphatic heterocycles. The Morgan fingerprint density at radius 1 is 1.03 bits per heavy atom. The highest BCUT2D eigenvalue weighted by Gasteiger charge is 2.30. The van der Waals surface area contributed by atoms with Gasteiger partial charge >= 0.3 is 6.18 Å². The number of anilines is 1. The molecule has 33 heavy (non-hydrogen) atoms. The molecule has 168 valence electrons. The van der Waals surface area contributed by atoms with Crippen molar-refractivity contribution >= 4 is 22.5 Å². The van der Waals surface area contributed by atoms with E-state index in [0.29, 0.717) is 17.1 Å². The molecule has 8 heteroatoms. The van der Waals surface area contributed by atoms with Gasteiger partial charge in [0, 0.05) is 22.7 Å². The average molecular weight is 451 g/mol. The highest BCUT2D eigenvalue weighted by Crippen LogP contribution is 2.34. The lowest BCUT2D eigenvalue weighted by Crippen LogP contribution is -2.27. The molecule has 0 radical (unpaired) electrons. The molecule has 1 amide bonds. The van der Waals surface area contributed by atoms with Crippen LogP contribution in [0.4, 0.5) is 19.0 Å². The largest absolute Gasteiger partial charge is 0.457 e. The average Bonchev–Trinajstić information content (AvgIpc) is 2.79. The summed E-state index contributed by atoms with van der Waals surface area (Å²) in [6.07, 6.45) is -2.82. The van der Waals surface area contributed by atoms with Crippen molar-refractivity contribution < 1.29 is 22.7 Å². The number of hydrogen-bond donors (Lipinski definition) is 2. The predicted molar refractivity (Wildman–Crippen MR) is 120 cm³/mol. The molecule has 0 saturated carbocycles. The number of nitrogens with zero attached hydrogens (tertiary/aromatic N) is 1. The normalized spacial score (nSPS) is 12.4. The van der Waals surface area contributed by atoms with Crippen LogP contribution in [0.1, 0.15) is 34.5 Å². The van der Waals surface area contributed by atoms with Crippen molar-refractivity contribution in [2.75, 3.05) is 5.73 Å². The Hall–Kier alpha value is -4.07. The van der Waals surface area contributed by atoms with E-state index in [-0.39, 0.29) is 17.7 Å². The van der Waals surface area contributed by atoms with Crippen LogP contribution in [-0.4, -0.2) is 10.9 Å². The lowest BCUT2D eigenvalue weighted by molar-refractivity contribution is -0.137. The van der Waals surface area contributed by atoms with Gasteiger partial charge in [0.2, 0.25) is 0 Å². The molecule has 0 bridgehead atoms. The number of fused-ring (bicyclic) bond motifs is 1. The van der Waals surface area contributed by atoms with E-state index in [9.17, 15) is 18.0 Å². The molecule has 4 rings (SSSR count). The first-order valence-electron chi connectivity index (χ1n) is 10.1. The van der Waals surface area contributed by atoms with Gasteiger partial charge in [0.05, 0.1) is 11.6 Å². The number of ether oxygens (including phenoxy) is 1. The van der Waals surface area contributed by atoms with Crippen molar-refractivity contribution in [1.29, 1.82) is 0 Å². The zero-order chi connectivity index (χ0) is 23.6. The van der Waals surface area contributed by atoms with Gasteiger partial charge < -0.3 is 15.8 Å². The number of amides is 1. The molecule has 0 saturated heterocycles. The summed E-state index contributed by atoms with van der Waals surface area (Å²) in [5.41, 5.74) is 6.31. The number of rotatable bonds is 5. The Morgan fingerprint density at radius 2 is 1.79 bits per heavy atom. The highest BCUT2D eigenvalue weighted by atomic mass is 19.4. The van der Waals surface area contributed by atoms with Gasteiger partial charge in [-0.1, -0.05) is 18.2 Å². The topological polar surface area (TPSA) is 77.2 Å². The molecule has 4 aromatic rings. The number of halogens is 3. The minimum Gasteiger partial charge on any atom is -0.457 e. The number of benzene rings is 3. The molecule has 0 aliphatic rings. The molecule has 1 unspecified atom stereocenters. The molecule has 5 nitrogen and oxygen atoms in total. The summed E-state index contributed by atoms with van der Waals surface area (Å²) in [4.78, 5) is 16.8. The third-order valence-corrected chi connectivity index (χ3v) is 5.20. The third kappa shape index (κ3) is 4.90. The number of carbonyl (C=O) groups is 1. The quantitative estimate of drug-likeness (QED) is 0.383. The number of nitrogens with two attached hydrogens (primary N) is 1. The first-order chi connectivity index (χ1) is 15.7. The van der Waals surface area contributed by atoms with E-state index in [0.717, 1.165) is 28.5 Å². The third-order valence-electron chi connectivity index (χ3n) is 5.20. The van der Waals surface area contributed by atoms with Gasteiger partial charge in [-0.3, -0.25) is 4.79 Å². The fourth-order valence-electron chi connectivity index (χ4n) is 3.48. The number of nitrogens with one attached hydrogen (secondary N) is 1. The number of hydrogen-bond acceptors (Lipinski definition) is 4. The van der Waals surface area contributed by atoms with Gasteiger partial charge in [-0.2, -0.15) is 13.2 Å². The smallest absolute Gasteiger partial charge is 0.416 e. The first-order valence-corrected chi connectivity index (χ1v) is 10.1. The maximum atomic E-state index is 12.8. The van der Waals surface area contributed by atoms with E-state index in [4.69, 9.17) is 10.5 Å². The number of nitrogen functional groups attached to an aromatic ring is 1. The van der Waals surface area contributed by atoms with Gasteiger partial charge in [-0.05, 0) is 66.9 Å². The van der Waals surface area contributed by atoms with Crippen LogP contribution in [-0.2, 0) is 6.18 Å². The Morgan fingerprint density at radius 3 is 2.48 bits per heavy atom. The molecule has 1 heterocycles. The number of aromatic nitrogens is 1. The number of alkyl halides is 3. The van der Waals surface area contributed by atoms with Crippen LogP contribution in [0.15, 0.2) is 79.0 Å². The van der Waals surface area contributed by atoms with Crippen molar-refractivity contribution in [2.45, 2.75) is 19.1 Å². The minimum absolute atomic E-state index is 0.276. The van der Waals surface area contributed by atoms with E-state index >= 15 is 0 Å². The Bertz CT molecular complexity index is 1300. The molecule has 3 aromatic carbocycles. The summed E-state index contributed by atoms with van der Waals surface area (Å²) in [5, 5.41) is 4.38. The molecule has 0 fully saturated rings. The fraction of sp³-hybridized carbons (Fsp3) is 0.120. The molecule has 1 atom stereocenters. The molecule has 1 aromatic heterocycles. The van der Waals surface area contributed by atoms with Gasteiger partial charge in [0.15, 0.2) is 0 Å². The van der Waals surface area contributed by atoms with E-state index in [1.165, 1.54) is 12.1 Å². The lowest BCUT2D eigenvalue weighted by atomic mass is 10.0. The maximum absolute atomic E-state index is 12.8. The second-order valence-electron chi connectivity index (χ2n) is 7.49. The van der Waals surface area contributed by atoms with E-state index in [1.54, 1.807) is 48.7 Å². The van der Waals surface area contributed by atoms with Gasteiger partial charge in [-0.15, -0.1) is 0 Å². The van der Waals surface area contributed by atoms with Gasteiger partial charge in [0.25, 0.3) is 5.91 Å². The minimum atomic E-state index is -4.41. The second kappa shape index (κ2) is 8.82. The van der Waals surface area contributed by atoms with Crippen molar-refractivity contribution in [2.24, 2.45) is 0 Å². The van der Waals surface area contributed by atoms with Crippen LogP contribution in [0, 0.1) is 0 Å². The molecule has 0 aliphatic carbocycles. The summed E-state index contributed by atoms with van der Waals surface area (Å²) in [5.74, 6) is 0.825. The summed E-state index contributed by atoms with van der Waals surface area (Å²) in [6.45, 7) is 1.82. The van der Waals surface area contributed by atoms with Gasteiger partial charge in [-0.25, -0.2) is 4.98 Å². The first kappa shape index (κ1) is 22.1. The SMILES string of the molecule is CC(NC(=O)c1ccc2c(Oc3ccc(C(F)(F)F)cc3)cccc2c1)c1cccnc1N. The van der Waals surface area contributed by atoms with Crippen LogP contribution in [0.25, 0.3) is 10.8 Å². The zero-order valence-electron chi connectivity index (χ0n) is 17.6. The van der Waals surface area contributed by atoms with E-state index in [1.807, 2.05) is 13.0 Å². The van der Waals surface area contributed by atoms with E-state index < -0.39 is 11.7 Å². The van der Waals surface area contributed by atoms with Crippen LogP contribution in [0.5, 0.6) is 11.5 Å². The summed E-state index contributed by atoms with van der Waals surface area (Å²) in [7, 11) is 0. The van der Waals surface area contributed by atoms with Gasteiger partial charge in [0.1, 0.15) is 17.3 Å². The molecular formula is C25H20F3N3O2. The predicted octanol–water partition coefficient (Wildman–Crippen LogP) is 6.12. The Balaban J connectivity index is 1.54. The Kier molecular flexibility index (Phi) is 5.91. The van der Waals surface area contributed by atoms with Crippen molar-refractivity contribution in [1.82, 2.24) is 10.3 Å².